The molecule has 4 atom stereocenters. The topological polar surface area (TPSA) is 49.8 Å². The van der Waals surface area contributed by atoms with Crippen LogP contribution in [0.25, 0.3) is 0 Å². The fourth-order valence-electron chi connectivity index (χ4n) is 4.55. The number of hydrogen-bond acceptors (Lipinski definition) is 4. The van der Waals surface area contributed by atoms with Gasteiger partial charge in [-0.1, -0.05) is 18.8 Å². The van der Waals surface area contributed by atoms with E-state index in [1.165, 1.54) is 12.8 Å². The minimum absolute atomic E-state index is 0.0622. The first kappa shape index (κ1) is 15.8. The zero-order valence-electron chi connectivity index (χ0n) is 13.7. The molecule has 122 valence electrons. The minimum Gasteiger partial charge on any atom is -0.459 e. The van der Waals surface area contributed by atoms with Gasteiger partial charge in [0, 0.05) is 18.0 Å². The Morgan fingerprint density at radius 2 is 1.77 bits per heavy atom. The van der Waals surface area contributed by atoms with Gasteiger partial charge in [-0.05, 0) is 52.5 Å². The number of ether oxygens (including phenoxy) is 1. The second-order valence-electron chi connectivity index (χ2n) is 7.17. The van der Waals surface area contributed by atoms with E-state index in [9.17, 15) is 9.90 Å². The molecule has 0 radical (unpaired) electrons. The number of aliphatic hydroxyl groups is 1. The van der Waals surface area contributed by atoms with Crippen LogP contribution in [0.4, 0.5) is 0 Å². The van der Waals surface area contributed by atoms with E-state index in [-0.39, 0.29) is 12.0 Å². The number of nitrogens with zero attached hydrogens (tertiary/aromatic N) is 1. The number of fused-ring (bicyclic) bond motifs is 2. The second kappa shape index (κ2) is 6.22. The van der Waals surface area contributed by atoms with Crippen LogP contribution in [0.15, 0.2) is 0 Å². The second-order valence-corrected chi connectivity index (χ2v) is 7.17. The van der Waals surface area contributed by atoms with E-state index in [0.717, 1.165) is 38.5 Å². The summed E-state index contributed by atoms with van der Waals surface area (Å²) in [5.41, 5.74) is -1.60. The van der Waals surface area contributed by atoms with Crippen molar-refractivity contribution in [3.8, 4) is 11.8 Å². The van der Waals surface area contributed by atoms with Crippen LogP contribution in [-0.4, -0.2) is 46.8 Å². The van der Waals surface area contributed by atoms with Crippen LogP contribution >= 0.6 is 0 Å². The smallest absolute Gasteiger partial charge is 0.351 e. The fraction of sp³-hybridized carbons (Fsp3) is 0.833. The Bertz CT molecular complexity index is 474. The molecule has 2 aliphatic heterocycles. The molecule has 22 heavy (non-hydrogen) atoms. The average Bonchev–Trinajstić information content (AvgIpc) is 3.07. The summed E-state index contributed by atoms with van der Waals surface area (Å²) >= 11 is 0. The van der Waals surface area contributed by atoms with E-state index in [0.29, 0.717) is 12.1 Å². The van der Waals surface area contributed by atoms with Gasteiger partial charge in [0.1, 0.15) is 6.10 Å². The highest BCUT2D eigenvalue weighted by Crippen LogP contribution is 2.38. The van der Waals surface area contributed by atoms with Crippen molar-refractivity contribution in [2.75, 3.05) is 7.05 Å². The van der Waals surface area contributed by atoms with Crippen LogP contribution < -0.4 is 0 Å². The van der Waals surface area contributed by atoms with Crippen LogP contribution in [0, 0.1) is 17.8 Å². The molecule has 1 N–H and O–H groups in total. The van der Waals surface area contributed by atoms with Crippen molar-refractivity contribution < 1.29 is 14.6 Å². The third kappa shape index (κ3) is 2.77. The number of esters is 1. The zero-order valence-corrected chi connectivity index (χ0v) is 13.7. The highest BCUT2D eigenvalue weighted by Gasteiger charge is 2.47. The summed E-state index contributed by atoms with van der Waals surface area (Å²) < 4.78 is 5.73. The minimum atomic E-state index is -1.60. The maximum absolute atomic E-state index is 12.6. The summed E-state index contributed by atoms with van der Waals surface area (Å²) in [7, 11) is 2.16. The largest absolute Gasteiger partial charge is 0.459 e. The molecule has 0 amide bonds. The monoisotopic (exact) mass is 305 g/mol. The van der Waals surface area contributed by atoms with Gasteiger partial charge in [-0.15, -0.1) is 5.92 Å². The van der Waals surface area contributed by atoms with Crippen LogP contribution in [0.3, 0.4) is 0 Å². The molecule has 0 aromatic heterocycles. The highest BCUT2D eigenvalue weighted by atomic mass is 16.6. The average molecular weight is 305 g/mol. The quantitative estimate of drug-likeness (QED) is 0.641. The summed E-state index contributed by atoms with van der Waals surface area (Å²) in [6.07, 6.45) is 7.94. The van der Waals surface area contributed by atoms with Crippen molar-refractivity contribution in [2.24, 2.45) is 5.92 Å². The van der Waals surface area contributed by atoms with Crippen LogP contribution in [0.1, 0.15) is 58.3 Å². The molecular formula is C18H27NO3. The number of carbonyl (C=O) groups excluding carboxylic acids is 1. The first-order chi connectivity index (χ1) is 10.5. The summed E-state index contributed by atoms with van der Waals surface area (Å²) in [6, 6.07) is 1.04. The Morgan fingerprint density at radius 1 is 1.18 bits per heavy atom. The van der Waals surface area contributed by atoms with Gasteiger partial charge in [0.15, 0.2) is 0 Å². The molecule has 0 aromatic carbocycles. The summed E-state index contributed by atoms with van der Waals surface area (Å²) in [6.45, 7) is 1.67. The van der Waals surface area contributed by atoms with Gasteiger partial charge in [-0.3, -0.25) is 0 Å². The molecule has 1 unspecified atom stereocenters. The van der Waals surface area contributed by atoms with E-state index >= 15 is 0 Å². The molecule has 3 rings (SSSR count). The summed E-state index contributed by atoms with van der Waals surface area (Å²) in [4.78, 5) is 15.1. The molecule has 4 nitrogen and oxygen atoms in total. The molecule has 0 spiro atoms. The molecule has 1 saturated carbocycles. The van der Waals surface area contributed by atoms with Crippen molar-refractivity contribution in [3.63, 3.8) is 0 Å². The SMILES string of the molecule is CC#C[C@](O)(C(=O)OC1C[C@H]2CC[C@@H](C1)N2C)C1CCCC1. The Morgan fingerprint density at radius 3 is 2.32 bits per heavy atom. The maximum atomic E-state index is 12.6. The van der Waals surface area contributed by atoms with Gasteiger partial charge in [-0.2, -0.15) is 0 Å². The Kier molecular flexibility index (Phi) is 4.47. The van der Waals surface area contributed by atoms with E-state index in [2.05, 4.69) is 23.8 Å². The zero-order chi connectivity index (χ0) is 15.7. The molecule has 1 aliphatic carbocycles. The van der Waals surface area contributed by atoms with Crippen LogP contribution in [0.2, 0.25) is 0 Å². The van der Waals surface area contributed by atoms with Gasteiger partial charge in [0.2, 0.25) is 5.60 Å². The summed E-state index contributed by atoms with van der Waals surface area (Å²) in [5.74, 6) is 4.90. The van der Waals surface area contributed by atoms with E-state index in [1.807, 2.05) is 0 Å². The van der Waals surface area contributed by atoms with Gasteiger partial charge < -0.3 is 14.7 Å². The molecule has 3 fully saturated rings. The van der Waals surface area contributed by atoms with E-state index in [1.54, 1.807) is 6.92 Å². The third-order valence-corrected chi connectivity index (χ3v) is 5.90. The van der Waals surface area contributed by atoms with Crippen LogP contribution in [0.5, 0.6) is 0 Å². The number of hydrogen-bond donors (Lipinski definition) is 1. The van der Waals surface area contributed by atoms with Gasteiger partial charge >= 0.3 is 5.97 Å². The molecule has 2 bridgehead atoms. The Labute approximate surface area is 133 Å². The predicted octanol–water partition coefficient (Wildman–Crippen LogP) is 2.10. The van der Waals surface area contributed by atoms with Crippen molar-refractivity contribution in [2.45, 2.75) is 82.1 Å². The van der Waals surface area contributed by atoms with Gasteiger partial charge in [0.25, 0.3) is 0 Å². The molecule has 0 aromatic rings. The molecule has 2 heterocycles. The van der Waals surface area contributed by atoms with Crippen molar-refractivity contribution >= 4 is 5.97 Å². The lowest BCUT2D eigenvalue weighted by molar-refractivity contribution is -0.173. The first-order valence-electron chi connectivity index (χ1n) is 8.64. The number of piperidine rings is 1. The van der Waals surface area contributed by atoms with Crippen molar-refractivity contribution in [3.05, 3.63) is 0 Å². The van der Waals surface area contributed by atoms with Gasteiger partial charge in [0.05, 0.1) is 0 Å². The number of carbonyl (C=O) groups is 1. The normalized spacial score (nSPS) is 34.8. The highest BCUT2D eigenvalue weighted by molar-refractivity contribution is 5.84. The lowest BCUT2D eigenvalue weighted by atomic mass is 9.86. The lowest BCUT2D eigenvalue weighted by Crippen LogP contribution is -2.49. The summed E-state index contributed by atoms with van der Waals surface area (Å²) in [5, 5.41) is 10.9. The molecule has 4 heteroatoms. The van der Waals surface area contributed by atoms with Gasteiger partial charge in [-0.25, -0.2) is 4.79 Å². The van der Waals surface area contributed by atoms with Crippen LogP contribution in [-0.2, 0) is 9.53 Å². The van der Waals surface area contributed by atoms with E-state index in [4.69, 9.17) is 4.74 Å². The Balaban J connectivity index is 1.68. The lowest BCUT2D eigenvalue weighted by Gasteiger charge is -2.37. The van der Waals surface area contributed by atoms with Crippen molar-refractivity contribution in [1.29, 1.82) is 0 Å². The van der Waals surface area contributed by atoms with Crippen molar-refractivity contribution in [1.82, 2.24) is 4.90 Å². The Hall–Kier alpha value is -1.05. The number of rotatable bonds is 3. The standard InChI is InChI=1S/C18H27NO3/c1-3-10-18(21,13-6-4-5-7-13)17(20)22-16-11-14-8-9-15(12-16)19(14)2/h13-16,21H,4-9,11-12H2,1-2H3/t14-,15+,16?,18-/m1/s1. The molecular weight excluding hydrogens is 278 g/mol. The molecule has 2 saturated heterocycles. The maximum Gasteiger partial charge on any atom is 0.351 e. The van der Waals surface area contributed by atoms with E-state index < -0.39 is 11.6 Å². The molecule has 3 aliphatic rings. The first-order valence-corrected chi connectivity index (χ1v) is 8.64. The fourth-order valence-corrected chi connectivity index (χ4v) is 4.55. The predicted molar refractivity (Wildman–Crippen MR) is 84.0 cm³/mol. The third-order valence-electron chi connectivity index (χ3n) is 5.90.